The number of nitrogens with zero attached hydrogens (tertiary/aromatic N) is 2. The molecule has 4 rings (SSSR count). The first-order chi connectivity index (χ1) is 14.5. The summed E-state index contributed by atoms with van der Waals surface area (Å²) in [5.74, 6) is -0.553. The minimum atomic E-state index is -0.392. The molecule has 0 bridgehead atoms. The second-order valence-electron chi connectivity index (χ2n) is 6.53. The molecule has 0 aliphatic heterocycles. The molecule has 0 aliphatic carbocycles. The van der Waals surface area contributed by atoms with E-state index >= 15 is 0 Å². The van der Waals surface area contributed by atoms with Gasteiger partial charge in [0.1, 0.15) is 0 Å². The van der Waals surface area contributed by atoms with Crippen molar-refractivity contribution in [2.24, 2.45) is 0 Å². The molecule has 2 aromatic heterocycles. The molecule has 7 nitrogen and oxygen atoms in total. The van der Waals surface area contributed by atoms with E-state index in [2.05, 4.69) is 15.7 Å². The van der Waals surface area contributed by atoms with Crippen molar-refractivity contribution in [3.05, 3.63) is 95.2 Å². The van der Waals surface area contributed by atoms with Crippen LogP contribution in [0.4, 0.5) is 11.4 Å². The van der Waals surface area contributed by atoms with Crippen molar-refractivity contribution in [3.8, 4) is 5.69 Å². The Morgan fingerprint density at radius 1 is 1.00 bits per heavy atom. The third kappa shape index (κ3) is 4.11. The van der Waals surface area contributed by atoms with Gasteiger partial charge in [-0.05, 0) is 61.0 Å². The fraction of sp³-hybridized carbons (Fsp3) is 0.0455. The molecule has 0 fully saturated rings. The second kappa shape index (κ2) is 8.26. The van der Waals surface area contributed by atoms with Crippen LogP contribution < -0.4 is 10.6 Å². The summed E-state index contributed by atoms with van der Waals surface area (Å²) in [4.78, 5) is 25.2. The van der Waals surface area contributed by atoms with Crippen molar-refractivity contribution in [2.45, 2.75) is 6.92 Å². The minimum Gasteiger partial charge on any atom is -0.459 e. The number of anilines is 2. The number of furan rings is 1. The molecule has 0 aliphatic rings. The molecule has 2 heterocycles. The van der Waals surface area contributed by atoms with E-state index < -0.39 is 5.91 Å². The first kappa shape index (κ1) is 19.5. The van der Waals surface area contributed by atoms with Gasteiger partial charge in [0, 0.05) is 28.7 Å². The highest BCUT2D eigenvalue weighted by Gasteiger charge is 2.15. The molecule has 0 radical (unpaired) electrons. The van der Waals surface area contributed by atoms with Crippen LogP contribution in [0.25, 0.3) is 5.69 Å². The maximum atomic E-state index is 12.9. The summed E-state index contributed by atoms with van der Waals surface area (Å²) in [6.07, 6.45) is 4.84. The van der Waals surface area contributed by atoms with Crippen molar-refractivity contribution in [3.63, 3.8) is 0 Å². The molecule has 0 unspecified atom stereocenters. The molecular formula is C22H17ClN4O3. The van der Waals surface area contributed by atoms with Gasteiger partial charge in [-0.25, -0.2) is 4.68 Å². The average molecular weight is 421 g/mol. The number of rotatable bonds is 5. The number of amides is 2. The van der Waals surface area contributed by atoms with Gasteiger partial charge in [0.25, 0.3) is 11.8 Å². The molecule has 2 aromatic carbocycles. The lowest BCUT2D eigenvalue weighted by molar-refractivity contribution is 0.0993. The van der Waals surface area contributed by atoms with Crippen LogP contribution >= 0.6 is 11.6 Å². The van der Waals surface area contributed by atoms with Crippen LogP contribution in [0.2, 0.25) is 5.02 Å². The van der Waals surface area contributed by atoms with E-state index in [9.17, 15) is 9.59 Å². The summed E-state index contributed by atoms with van der Waals surface area (Å²) in [5.41, 5.74) is 2.89. The number of aromatic nitrogens is 2. The number of carbonyl (C=O) groups excluding carboxylic acids is 2. The molecule has 4 aromatic rings. The van der Waals surface area contributed by atoms with Gasteiger partial charge in [-0.3, -0.25) is 9.59 Å². The van der Waals surface area contributed by atoms with Crippen molar-refractivity contribution < 1.29 is 14.0 Å². The number of benzene rings is 2. The Kier molecular flexibility index (Phi) is 5.36. The zero-order valence-corrected chi connectivity index (χ0v) is 16.7. The zero-order chi connectivity index (χ0) is 21.1. The summed E-state index contributed by atoms with van der Waals surface area (Å²) in [6.45, 7) is 1.84. The molecule has 8 heteroatoms. The van der Waals surface area contributed by atoms with Gasteiger partial charge in [-0.2, -0.15) is 5.10 Å². The van der Waals surface area contributed by atoms with E-state index in [1.165, 1.54) is 6.26 Å². The summed E-state index contributed by atoms with van der Waals surface area (Å²) < 4.78 is 6.75. The predicted molar refractivity (Wildman–Crippen MR) is 114 cm³/mol. The number of aryl methyl sites for hydroxylation is 1. The summed E-state index contributed by atoms with van der Waals surface area (Å²) in [5, 5.41) is 10.3. The number of nitrogens with one attached hydrogen (secondary N) is 2. The molecule has 150 valence electrons. The van der Waals surface area contributed by atoms with Crippen LogP contribution in [-0.2, 0) is 0 Å². The predicted octanol–water partition coefficient (Wildman–Crippen LogP) is 4.93. The van der Waals surface area contributed by atoms with Crippen molar-refractivity contribution in [1.29, 1.82) is 0 Å². The van der Waals surface area contributed by atoms with E-state index in [-0.39, 0.29) is 11.7 Å². The number of hydrogen-bond acceptors (Lipinski definition) is 4. The Labute approximate surface area is 177 Å². The normalized spacial score (nSPS) is 10.6. The lowest BCUT2D eigenvalue weighted by atomic mass is 10.1. The van der Waals surface area contributed by atoms with E-state index in [0.717, 1.165) is 5.56 Å². The van der Waals surface area contributed by atoms with Gasteiger partial charge in [-0.15, -0.1) is 0 Å². The van der Waals surface area contributed by atoms with Gasteiger partial charge in [0.15, 0.2) is 5.76 Å². The topological polar surface area (TPSA) is 89.2 Å². The lowest BCUT2D eigenvalue weighted by Gasteiger charge is -2.13. The van der Waals surface area contributed by atoms with Crippen LogP contribution in [0, 0.1) is 6.92 Å². The molecule has 2 N–H and O–H groups in total. The molecule has 30 heavy (non-hydrogen) atoms. The quantitative estimate of drug-likeness (QED) is 0.479. The average Bonchev–Trinajstić information content (AvgIpc) is 3.44. The van der Waals surface area contributed by atoms with Crippen LogP contribution in [0.15, 0.2) is 77.7 Å². The Bertz CT molecular complexity index is 1200. The Balaban J connectivity index is 1.59. The smallest absolute Gasteiger partial charge is 0.291 e. The van der Waals surface area contributed by atoms with E-state index in [1.807, 2.05) is 6.92 Å². The van der Waals surface area contributed by atoms with Gasteiger partial charge < -0.3 is 15.1 Å². The van der Waals surface area contributed by atoms with Crippen molar-refractivity contribution in [2.75, 3.05) is 10.6 Å². The SMILES string of the molecule is Cc1ccc(C(=O)Nc2cc(Cl)ccc2-n2cccn2)cc1NC(=O)c1ccco1. The maximum Gasteiger partial charge on any atom is 0.291 e. The minimum absolute atomic E-state index is 0.187. The second-order valence-corrected chi connectivity index (χ2v) is 6.96. The van der Waals surface area contributed by atoms with Crippen molar-refractivity contribution in [1.82, 2.24) is 9.78 Å². The molecule has 0 saturated heterocycles. The Morgan fingerprint density at radius 2 is 1.83 bits per heavy atom. The molecule has 2 amide bonds. The summed E-state index contributed by atoms with van der Waals surface area (Å²) >= 11 is 6.12. The van der Waals surface area contributed by atoms with Gasteiger partial charge in [0.05, 0.1) is 17.6 Å². The van der Waals surface area contributed by atoms with E-state index in [0.29, 0.717) is 27.6 Å². The molecule has 0 saturated carbocycles. The fourth-order valence-electron chi connectivity index (χ4n) is 2.90. The maximum absolute atomic E-state index is 12.9. The van der Waals surface area contributed by atoms with Gasteiger partial charge in [0.2, 0.25) is 0 Å². The van der Waals surface area contributed by atoms with Crippen LogP contribution in [0.5, 0.6) is 0 Å². The van der Waals surface area contributed by atoms with Gasteiger partial charge >= 0.3 is 0 Å². The van der Waals surface area contributed by atoms with E-state index in [4.69, 9.17) is 16.0 Å². The monoisotopic (exact) mass is 420 g/mol. The third-order valence-electron chi connectivity index (χ3n) is 4.45. The van der Waals surface area contributed by atoms with Crippen molar-refractivity contribution >= 4 is 34.8 Å². The van der Waals surface area contributed by atoms with Gasteiger partial charge in [-0.1, -0.05) is 17.7 Å². The van der Waals surface area contributed by atoms with Crippen LogP contribution in [0.3, 0.4) is 0 Å². The Hall–Kier alpha value is -3.84. The molecule has 0 atom stereocenters. The number of hydrogen-bond donors (Lipinski definition) is 2. The summed E-state index contributed by atoms with van der Waals surface area (Å²) in [7, 11) is 0. The highest BCUT2D eigenvalue weighted by atomic mass is 35.5. The molecule has 0 spiro atoms. The largest absolute Gasteiger partial charge is 0.459 e. The first-order valence-corrected chi connectivity index (χ1v) is 9.45. The number of carbonyl (C=O) groups is 2. The summed E-state index contributed by atoms with van der Waals surface area (Å²) in [6, 6.07) is 15.2. The van der Waals surface area contributed by atoms with Crippen LogP contribution in [0.1, 0.15) is 26.5 Å². The molecular weight excluding hydrogens is 404 g/mol. The lowest BCUT2D eigenvalue weighted by Crippen LogP contribution is -2.16. The van der Waals surface area contributed by atoms with E-state index in [1.54, 1.807) is 71.7 Å². The Morgan fingerprint density at radius 3 is 2.57 bits per heavy atom. The highest BCUT2D eigenvalue weighted by Crippen LogP contribution is 2.25. The standard InChI is InChI=1S/C22H17ClN4O3/c1-14-5-6-15(12-17(14)25-22(29)20-4-2-11-30-20)21(28)26-18-13-16(23)7-8-19(18)27-10-3-9-24-27/h2-13H,1H3,(H,25,29)(H,26,28). The van der Waals surface area contributed by atoms with Crippen LogP contribution in [-0.4, -0.2) is 21.6 Å². The zero-order valence-electron chi connectivity index (χ0n) is 15.9. The highest BCUT2D eigenvalue weighted by molar-refractivity contribution is 6.31. The number of halogens is 1. The third-order valence-corrected chi connectivity index (χ3v) is 4.69. The first-order valence-electron chi connectivity index (χ1n) is 9.08. The fourth-order valence-corrected chi connectivity index (χ4v) is 3.08.